The number of rotatable bonds is 7. The van der Waals surface area contributed by atoms with Gasteiger partial charge in [0, 0.05) is 18.4 Å². The molecular formula is C20H26N4O3. The number of nitrogens with one attached hydrogen (secondary N) is 1. The van der Waals surface area contributed by atoms with E-state index in [-0.39, 0.29) is 5.91 Å². The summed E-state index contributed by atoms with van der Waals surface area (Å²) < 4.78 is 7.55. The monoisotopic (exact) mass is 370 g/mol. The highest BCUT2D eigenvalue weighted by molar-refractivity contribution is 6.09. The smallest absolute Gasteiger partial charge is 0.225 e. The number of fused-ring (bicyclic) bond motifs is 3. The second-order valence-electron chi connectivity index (χ2n) is 7.14. The minimum atomic E-state index is -0.939. The number of aliphatic hydroxyl groups is 1. The Hall–Kier alpha value is -2.51. The molecule has 0 unspecified atom stereocenters. The Morgan fingerprint density at radius 2 is 2.00 bits per heavy atom. The van der Waals surface area contributed by atoms with Crippen LogP contribution in [0.3, 0.4) is 0 Å². The third kappa shape index (κ3) is 4.09. The maximum atomic E-state index is 12.0. The molecule has 2 N–H and O–H groups in total. The van der Waals surface area contributed by atoms with Crippen molar-refractivity contribution in [2.24, 2.45) is 0 Å². The third-order valence-corrected chi connectivity index (χ3v) is 4.22. The molecule has 0 aliphatic carbocycles. The summed E-state index contributed by atoms with van der Waals surface area (Å²) in [5.74, 6) is 1.00. The van der Waals surface area contributed by atoms with E-state index >= 15 is 0 Å². The normalized spacial score (nSPS) is 12.0. The highest BCUT2D eigenvalue weighted by Gasteiger charge is 2.23. The van der Waals surface area contributed by atoms with E-state index in [1.165, 1.54) is 0 Å². The summed E-state index contributed by atoms with van der Waals surface area (Å²) in [5, 5.41) is 14.2. The summed E-state index contributed by atoms with van der Waals surface area (Å²) in [6, 6.07) is 7.73. The highest BCUT2D eigenvalue weighted by Crippen LogP contribution is 2.31. The first-order valence-electron chi connectivity index (χ1n) is 9.22. The number of amides is 1. The van der Waals surface area contributed by atoms with Crippen molar-refractivity contribution >= 4 is 33.7 Å². The largest absolute Gasteiger partial charge is 0.389 e. The molecule has 0 spiro atoms. The van der Waals surface area contributed by atoms with Crippen LogP contribution in [-0.2, 0) is 22.7 Å². The molecule has 3 rings (SSSR count). The fourth-order valence-electron chi connectivity index (χ4n) is 3.05. The lowest BCUT2D eigenvalue weighted by atomic mass is 10.1. The zero-order chi connectivity index (χ0) is 19.6. The van der Waals surface area contributed by atoms with E-state index in [1.54, 1.807) is 20.8 Å². The number of hydrogen-bond acceptors (Lipinski definition) is 5. The Morgan fingerprint density at radius 3 is 2.67 bits per heavy atom. The van der Waals surface area contributed by atoms with Crippen LogP contribution in [0.15, 0.2) is 24.3 Å². The fourth-order valence-corrected chi connectivity index (χ4v) is 3.05. The van der Waals surface area contributed by atoms with E-state index in [0.717, 1.165) is 16.4 Å². The Balaban J connectivity index is 2.32. The lowest BCUT2D eigenvalue weighted by Crippen LogP contribution is -2.27. The van der Waals surface area contributed by atoms with Gasteiger partial charge in [-0.3, -0.25) is 4.79 Å². The number of carbonyl (C=O) groups is 1. The Bertz CT molecular complexity index is 973. The lowest BCUT2D eigenvalue weighted by Gasteiger charge is -2.20. The number of benzene rings is 1. The molecule has 2 heterocycles. The number of aromatic nitrogens is 3. The molecule has 0 saturated carbocycles. The van der Waals surface area contributed by atoms with Gasteiger partial charge in [-0.1, -0.05) is 25.1 Å². The minimum absolute atomic E-state index is 0.123. The maximum Gasteiger partial charge on any atom is 0.225 e. The van der Waals surface area contributed by atoms with Gasteiger partial charge in [0.1, 0.15) is 17.9 Å². The molecule has 7 nitrogen and oxygen atoms in total. The van der Waals surface area contributed by atoms with E-state index in [0.29, 0.717) is 43.3 Å². The second-order valence-corrected chi connectivity index (χ2v) is 7.14. The Kier molecular flexibility index (Phi) is 5.43. The molecule has 0 saturated heterocycles. The van der Waals surface area contributed by atoms with Crippen molar-refractivity contribution in [2.45, 2.75) is 52.9 Å². The first-order valence-corrected chi connectivity index (χ1v) is 9.22. The van der Waals surface area contributed by atoms with Crippen LogP contribution in [0.1, 0.15) is 39.9 Å². The van der Waals surface area contributed by atoms with Gasteiger partial charge in [0.2, 0.25) is 5.91 Å². The van der Waals surface area contributed by atoms with Gasteiger partial charge >= 0.3 is 0 Å². The maximum absolute atomic E-state index is 12.0. The number of carbonyl (C=O) groups excluding carboxylic acids is 1. The summed E-state index contributed by atoms with van der Waals surface area (Å²) in [6.07, 6.45) is 0.353. The number of pyridine rings is 1. The SMILES string of the molecule is CCOCc1nc2c(NC(=O)CC)nc3ccccc3c2n1CC(C)(C)O. The molecular weight excluding hydrogens is 344 g/mol. The fraction of sp³-hybridized carbons (Fsp3) is 0.450. The zero-order valence-electron chi connectivity index (χ0n) is 16.2. The molecule has 1 aromatic carbocycles. The van der Waals surface area contributed by atoms with Crippen molar-refractivity contribution in [2.75, 3.05) is 11.9 Å². The summed E-state index contributed by atoms with van der Waals surface area (Å²) >= 11 is 0. The van der Waals surface area contributed by atoms with Crippen LogP contribution < -0.4 is 5.32 Å². The highest BCUT2D eigenvalue weighted by atomic mass is 16.5. The third-order valence-electron chi connectivity index (χ3n) is 4.22. The lowest BCUT2D eigenvalue weighted by molar-refractivity contribution is -0.115. The molecule has 3 aromatic rings. The van der Waals surface area contributed by atoms with Crippen molar-refractivity contribution in [1.29, 1.82) is 0 Å². The first kappa shape index (κ1) is 19.3. The predicted octanol–water partition coefficient (Wildman–Crippen LogP) is 3.24. The number of ether oxygens (including phenoxy) is 1. The van der Waals surface area contributed by atoms with E-state index in [4.69, 9.17) is 9.72 Å². The molecule has 0 fully saturated rings. The number of hydrogen-bond donors (Lipinski definition) is 2. The number of imidazole rings is 1. The van der Waals surface area contributed by atoms with E-state index < -0.39 is 5.60 Å². The molecule has 0 aliphatic heterocycles. The van der Waals surface area contributed by atoms with Gasteiger partial charge in [-0.05, 0) is 26.8 Å². The Morgan fingerprint density at radius 1 is 1.26 bits per heavy atom. The summed E-state index contributed by atoms with van der Waals surface area (Å²) in [5.41, 5.74) is 1.26. The number of anilines is 1. The average molecular weight is 370 g/mol. The quantitative estimate of drug-likeness (QED) is 0.666. The minimum Gasteiger partial charge on any atom is -0.389 e. The van der Waals surface area contributed by atoms with Gasteiger partial charge in [-0.2, -0.15) is 0 Å². The van der Waals surface area contributed by atoms with Crippen LogP contribution in [0.4, 0.5) is 5.82 Å². The van der Waals surface area contributed by atoms with Crippen LogP contribution in [0.25, 0.3) is 21.9 Å². The molecule has 0 aliphatic rings. The van der Waals surface area contributed by atoms with Gasteiger partial charge in [0.25, 0.3) is 0 Å². The average Bonchev–Trinajstić information content (AvgIpc) is 2.97. The molecule has 0 atom stereocenters. The number of para-hydroxylation sites is 1. The predicted molar refractivity (Wildman–Crippen MR) is 106 cm³/mol. The summed E-state index contributed by atoms with van der Waals surface area (Å²) in [7, 11) is 0. The van der Waals surface area contributed by atoms with Crippen molar-refractivity contribution < 1.29 is 14.6 Å². The van der Waals surface area contributed by atoms with E-state index in [1.807, 2.05) is 35.8 Å². The van der Waals surface area contributed by atoms with E-state index in [9.17, 15) is 9.90 Å². The van der Waals surface area contributed by atoms with Crippen LogP contribution in [-0.4, -0.2) is 37.8 Å². The first-order chi connectivity index (χ1) is 12.8. The van der Waals surface area contributed by atoms with Gasteiger partial charge in [-0.25, -0.2) is 9.97 Å². The number of nitrogens with zero attached hydrogens (tertiary/aromatic N) is 3. The van der Waals surface area contributed by atoms with Gasteiger partial charge in [0.05, 0.1) is 23.2 Å². The van der Waals surface area contributed by atoms with Crippen LogP contribution in [0.5, 0.6) is 0 Å². The van der Waals surface area contributed by atoms with Crippen molar-refractivity contribution in [3.05, 3.63) is 30.1 Å². The molecule has 1 amide bonds. The Labute approximate surface area is 158 Å². The van der Waals surface area contributed by atoms with Gasteiger partial charge in [-0.15, -0.1) is 0 Å². The van der Waals surface area contributed by atoms with Gasteiger partial charge < -0.3 is 19.7 Å². The second kappa shape index (κ2) is 7.62. The molecule has 0 radical (unpaired) electrons. The molecule has 144 valence electrons. The molecule has 7 heteroatoms. The van der Waals surface area contributed by atoms with Crippen LogP contribution >= 0.6 is 0 Å². The van der Waals surface area contributed by atoms with Crippen molar-refractivity contribution in [3.8, 4) is 0 Å². The van der Waals surface area contributed by atoms with Crippen LogP contribution in [0, 0.1) is 0 Å². The van der Waals surface area contributed by atoms with Gasteiger partial charge in [0.15, 0.2) is 5.82 Å². The topological polar surface area (TPSA) is 89.3 Å². The summed E-state index contributed by atoms with van der Waals surface area (Å²) in [4.78, 5) is 21.3. The molecule has 2 aromatic heterocycles. The zero-order valence-corrected chi connectivity index (χ0v) is 16.2. The van der Waals surface area contributed by atoms with Crippen LogP contribution in [0.2, 0.25) is 0 Å². The molecule has 27 heavy (non-hydrogen) atoms. The van der Waals surface area contributed by atoms with E-state index in [2.05, 4.69) is 10.3 Å². The standard InChI is InChI=1S/C20H26N4O3/c1-5-16(25)23-19-17-18(13-9-7-8-10-14(13)21-19)24(12-20(3,4)26)15(22-17)11-27-6-2/h7-10,26H,5-6,11-12H2,1-4H3,(H,21,23,25). The van der Waals surface area contributed by atoms with Crippen molar-refractivity contribution in [3.63, 3.8) is 0 Å². The summed E-state index contributed by atoms with van der Waals surface area (Å²) in [6.45, 7) is 8.45. The van der Waals surface area contributed by atoms with Crippen molar-refractivity contribution in [1.82, 2.24) is 14.5 Å². The molecule has 0 bridgehead atoms.